The number of carbonyl (C=O) groups excluding carboxylic acids is 1. The number of carbonyl (C=O) groups is 1. The van der Waals surface area contributed by atoms with Crippen LogP contribution in [0.4, 0.5) is 17.1 Å². The SMILES string of the molecule is COC(=O)c1ccc(-c2cc(-c3ccc(OC)c(OC)c3)c3c(C)ccc(N4c5ccccc5Sc5ccccc54)c3n2)cc1. The third-order valence-electron chi connectivity index (χ3n) is 8.12. The van der Waals surface area contributed by atoms with Crippen LogP contribution in [-0.2, 0) is 4.74 Å². The lowest BCUT2D eigenvalue weighted by Gasteiger charge is -2.33. The van der Waals surface area contributed by atoms with Crippen LogP contribution in [0.5, 0.6) is 11.5 Å². The molecule has 0 unspecified atom stereocenters. The van der Waals surface area contributed by atoms with Crippen LogP contribution in [0.3, 0.4) is 0 Å². The van der Waals surface area contributed by atoms with Crippen LogP contribution in [0.25, 0.3) is 33.3 Å². The molecule has 45 heavy (non-hydrogen) atoms. The van der Waals surface area contributed by atoms with E-state index in [2.05, 4.69) is 84.6 Å². The van der Waals surface area contributed by atoms with Gasteiger partial charge in [0.05, 0.1) is 55.2 Å². The summed E-state index contributed by atoms with van der Waals surface area (Å²) in [4.78, 5) is 22.2. The van der Waals surface area contributed by atoms with Gasteiger partial charge in [0, 0.05) is 20.7 Å². The monoisotopic (exact) mass is 610 g/mol. The lowest BCUT2D eigenvalue weighted by atomic mass is 9.94. The Morgan fingerprint density at radius 3 is 1.98 bits per heavy atom. The number of hydrogen-bond acceptors (Lipinski definition) is 7. The second-order valence-corrected chi connectivity index (χ2v) is 11.8. The summed E-state index contributed by atoms with van der Waals surface area (Å²) < 4.78 is 16.2. The van der Waals surface area contributed by atoms with Crippen LogP contribution < -0.4 is 14.4 Å². The Labute approximate surface area is 266 Å². The molecule has 0 spiro atoms. The highest BCUT2D eigenvalue weighted by Crippen LogP contribution is 2.53. The number of ether oxygens (including phenoxy) is 3. The number of methoxy groups -OCH3 is 3. The maximum atomic E-state index is 12.2. The first kappa shape index (κ1) is 28.5. The van der Waals surface area contributed by atoms with Crippen molar-refractivity contribution in [3.63, 3.8) is 0 Å². The minimum Gasteiger partial charge on any atom is -0.493 e. The summed E-state index contributed by atoms with van der Waals surface area (Å²) in [6, 6.07) is 36.8. The van der Waals surface area contributed by atoms with Crippen molar-refractivity contribution in [2.75, 3.05) is 26.2 Å². The van der Waals surface area contributed by atoms with Gasteiger partial charge >= 0.3 is 5.97 Å². The quantitative estimate of drug-likeness (QED) is 0.174. The Morgan fingerprint density at radius 1 is 0.689 bits per heavy atom. The Bertz CT molecular complexity index is 2050. The molecular weight excluding hydrogens is 580 g/mol. The van der Waals surface area contributed by atoms with E-state index in [-0.39, 0.29) is 5.97 Å². The molecule has 1 aliphatic rings. The normalized spacial score (nSPS) is 12.0. The van der Waals surface area contributed by atoms with Crippen LogP contribution in [-0.4, -0.2) is 32.3 Å². The minimum atomic E-state index is -0.378. The molecule has 0 saturated heterocycles. The Hall–Kier alpha value is -5.27. The molecule has 0 saturated carbocycles. The molecule has 6 nitrogen and oxygen atoms in total. The van der Waals surface area contributed by atoms with Gasteiger partial charge < -0.3 is 19.1 Å². The number of aromatic nitrogens is 1. The molecule has 2 heterocycles. The average Bonchev–Trinajstić information content (AvgIpc) is 3.10. The molecule has 1 aliphatic heterocycles. The number of hydrogen-bond donors (Lipinski definition) is 0. The molecule has 0 amide bonds. The number of pyridine rings is 1. The van der Waals surface area contributed by atoms with Gasteiger partial charge in [0.15, 0.2) is 11.5 Å². The average molecular weight is 611 g/mol. The molecule has 1 aromatic heterocycles. The molecule has 0 N–H and O–H groups in total. The van der Waals surface area contributed by atoms with Gasteiger partial charge in [0.1, 0.15) is 0 Å². The molecular formula is C38H30N2O4S. The number of rotatable bonds is 6. The first-order chi connectivity index (χ1) is 22.0. The van der Waals surface area contributed by atoms with Crippen molar-refractivity contribution < 1.29 is 19.0 Å². The molecule has 6 aromatic rings. The third kappa shape index (κ3) is 4.95. The van der Waals surface area contributed by atoms with Crippen LogP contribution in [0, 0.1) is 6.92 Å². The van der Waals surface area contributed by atoms with Crippen LogP contribution >= 0.6 is 11.8 Å². The second-order valence-electron chi connectivity index (χ2n) is 10.7. The van der Waals surface area contributed by atoms with Gasteiger partial charge in [-0.25, -0.2) is 9.78 Å². The molecule has 7 rings (SSSR count). The molecule has 222 valence electrons. The summed E-state index contributed by atoms with van der Waals surface area (Å²) >= 11 is 1.78. The molecule has 5 aromatic carbocycles. The lowest BCUT2D eigenvalue weighted by Crippen LogP contribution is -2.15. The predicted molar refractivity (Wildman–Crippen MR) is 181 cm³/mol. The Morgan fingerprint density at radius 2 is 1.33 bits per heavy atom. The molecule has 0 atom stereocenters. The molecule has 0 bridgehead atoms. The molecule has 0 radical (unpaired) electrons. The summed E-state index contributed by atoms with van der Waals surface area (Å²) in [6.45, 7) is 2.12. The standard InChI is InChI=1S/C38H30N2O4S/c1-23-13-19-31(40-29-9-5-7-11-34(29)45-35-12-8-6-10-30(35)40)37-36(23)27(26-18-20-32(42-2)33(21-26)43-3)22-28(39-37)24-14-16-25(17-15-24)38(41)44-4/h5-22H,1-4H3. The predicted octanol–water partition coefficient (Wildman–Crippen LogP) is 9.62. The maximum Gasteiger partial charge on any atom is 0.337 e. The smallest absolute Gasteiger partial charge is 0.337 e. The summed E-state index contributed by atoms with van der Waals surface area (Å²) in [5.74, 6) is 0.931. The van der Waals surface area contributed by atoms with Crippen molar-refractivity contribution >= 4 is 45.7 Å². The van der Waals surface area contributed by atoms with Crippen molar-refractivity contribution in [1.82, 2.24) is 4.98 Å². The number of aryl methyl sites for hydroxylation is 1. The van der Waals surface area contributed by atoms with Crippen molar-refractivity contribution in [2.45, 2.75) is 16.7 Å². The van der Waals surface area contributed by atoms with Crippen molar-refractivity contribution in [3.05, 3.63) is 120 Å². The first-order valence-electron chi connectivity index (χ1n) is 14.5. The number of benzene rings is 5. The fourth-order valence-electron chi connectivity index (χ4n) is 5.91. The zero-order chi connectivity index (χ0) is 31.1. The number of esters is 1. The van der Waals surface area contributed by atoms with Crippen LogP contribution in [0.1, 0.15) is 15.9 Å². The fourth-order valence-corrected chi connectivity index (χ4v) is 6.97. The second kappa shape index (κ2) is 11.7. The molecule has 7 heteroatoms. The largest absolute Gasteiger partial charge is 0.493 e. The van der Waals surface area contributed by atoms with Crippen LogP contribution in [0.15, 0.2) is 119 Å². The van der Waals surface area contributed by atoms with E-state index in [0.29, 0.717) is 17.1 Å². The van der Waals surface area contributed by atoms with Gasteiger partial charge in [-0.3, -0.25) is 0 Å². The van der Waals surface area contributed by atoms with Crippen molar-refractivity contribution in [1.29, 1.82) is 0 Å². The lowest BCUT2D eigenvalue weighted by molar-refractivity contribution is 0.0600. The van der Waals surface area contributed by atoms with E-state index in [1.54, 1.807) is 38.1 Å². The van der Waals surface area contributed by atoms with Gasteiger partial charge in [0.2, 0.25) is 0 Å². The number of nitrogens with zero attached hydrogens (tertiary/aromatic N) is 2. The Kier molecular flexibility index (Phi) is 7.39. The number of fused-ring (bicyclic) bond motifs is 3. The van der Waals surface area contributed by atoms with E-state index in [1.807, 2.05) is 24.3 Å². The molecule has 0 aliphatic carbocycles. The minimum absolute atomic E-state index is 0.378. The van der Waals surface area contributed by atoms with Gasteiger partial charge in [-0.05, 0) is 84.3 Å². The topological polar surface area (TPSA) is 60.9 Å². The first-order valence-corrected chi connectivity index (χ1v) is 15.3. The summed E-state index contributed by atoms with van der Waals surface area (Å²) in [5, 5.41) is 1.04. The van der Waals surface area contributed by atoms with Gasteiger partial charge in [-0.2, -0.15) is 0 Å². The summed E-state index contributed by atoms with van der Waals surface area (Å²) in [6.07, 6.45) is 0. The maximum absolute atomic E-state index is 12.2. The zero-order valence-corrected chi connectivity index (χ0v) is 26.1. The van der Waals surface area contributed by atoms with Gasteiger partial charge in [-0.15, -0.1) is 0 Å². The summed E-state index contributed by atoms with van der Waals surface area (Å²) in [7, 11) is 4.67. The fraction of sp³-hybridized carbons (Fsp3) is 0.105. The highest BCUT2D eigenvalue weighted by molar-refractivity contribution is 7.99. The van der Waals surface area contributed by atoms with E-state index >= 15 is 0 Å². The van der Waals surface area contributed by atoms with Crippen molar-refractivity contribution in [2.24, 2.45) is 0 Å². The van der Waals surface area contributed by atoms with Gasteiger partial charge in [-0.1, -0.05) is 60.3 Å². The van der Waals surface area contributed by atoms with E-state index < -0.39 is 0 Å². The van der Waals surface area contributed by atoms with E-state index in [9.17, 15) is 4.79 Å². The third-order valence-corrected chi connectivity index (χ3v) is 9.25. The number of para-hydroxylation sites is 2. The highest BCUT2D eigenvalue weighted by Gasteiger charge is 2.27. The van der Waals surface area contributed by atoms with E-state index in [1.165, 1.54) is 16.9 Å². The van der Waals surface area contributed by atoms with Crippen molar-refractivity contribution in [3.8, 4) is 33.9 Å². The summed E-state index contributed by atoms with van der Waals surface area (Å²) in [5.41, 5.74) is 9.29. The molecule has 0 fully saturated rings. The zero-order valence-electron chi connectivity index (χ0n) is 25.3. The highest BCUT2D eigenvalue weighted by atomic mass is 32.2. The Balaban J connectivity index is 1.54. The van der Waals surface area contributed by atoms with Crippen LogP contribution in [0.2, 0.25) is 0 Å². The van der Waals surface area contributed by atoms with E-state index in [4.69, 9.17) is 19.2 Å². The van der Waals surface area contributed by atoms with E-state index in [0.717, 1.165) is 55.9 Å². The number of anilines is 3. The van der Waals surface area contributed by atoms with Gasteiger partial charge in [0.25, 0.3) is 0 Å².